The lowest BCUT2D eigenvalue weighted by Gasteiger charge is -2.22. The molecule has 0 radical (unpaired) electrons. The molecule has 166 valence electrons. The smallest absolute Gasteiger partial charge is 0.251 e. The van der Waals surface area contributed by atoms with Gasteiger partial charge in [-0.1, -0.05) is 12.1 Å². The summed E-state index contributed by atoms with van der Waals surface area (Å²) < 4.78 is 10.5. The Bertz CT molecular complexity index is 894. The summed E-state index contributed by atoms with van der Waals surface area (Å²) in [5, 5.41) is 9.24. The fraction of sp³-hybridized carbons (Fsp3) is 0.417. The van der Waals surface area contributed by atoms with Gasteiger partial charge in [0.25, 0.3) is 5.91 Å². The summed E-state index contributed by atoms with van der Waals surface area (Å²) in [5.41, 5.74) is 1.93. The second kappa shape index (κ2) is 11.4. The Balaban J connectivity index is 1.52. The lowest BCUT2D eigenvalue weighted by atomic mass is 9.96. The average Bonchev–Trinajstić information content (AvgIpc) is 2.79. The first-order valence-electron chi connectivity index (χ1n) is 10.7. The first-order chi connectivity index (χ1) is 15.1. The predicted octanol–water partition coefficient (Wildman–Crippen LogP) is 3.00. The van der Waals surface area contributed by atoms with Gasteiger partial charge in [-0.05, 0) is 74.2 Å². The molecule has 1 fully saturated rings. The molecule has 0 bridgehead atoms. The minimum absolute atomic E-state index is 0.125. The molecule has 1 aliphatic heterocycles. The molecule has 0 spiro atoms. The molecule has 7 nitrogen and oxygen atoms in total. The van der Waals surface area contributed by atoms with Crippen LogP contribution in [0.1, 0.15) is 35.2 Å². The number of nitrogens with one attached hydrogen (secondary N) is 3. The zero-order chi connectivity index (χ0) is 22.1. The average molecular weight is 426 g/mol. The molecule has 1 atom stereocenters. The minimum atomic E-state index is -0.172. The van der Waals surface area contributed by atoms with Crippen molar-refractivity contribution in [1.29, 1.82) is 0 Å². The van der Waals surface area contributed by atoms with Gasteiger partial charge in [0.05, 0.1) is 20.6 Å². The zero-order valence-electron chi connectivity index (χ0n) is 18.2. The van der Waals surface area contributed by atoms with Crippen LogP contribution in [0.4, 0.5) is 5.69 Å². The summed E-state index contributed by atoms with van der Waals surface area (Å²) in [5.74, 6) is 1.52. The van der Waals surface area contributed by atoms with Crippen LogP contribution < -0.4 is 25.4 Å². The molecule has 0 aliphatic carbocycles. The van der Waals surface area contributed by atoms with Crippen LogP contribution in [0.5, 0.6) is 11.5 Å². The molecule has 2 aromatic carbocycles. The molecule has 1 heterocycles. The van der Waals surface area contributed by atoms with Crippen LogP contribution in [-0.2, 0) is 11.2 Å². The Morgan fingerprint density at radius 1 is 1.10 bits per heavy atom. The Kier molecular flexibility index (Phi) is 8.29. The zero-order valence-corrected chi connectivity index (χ0v) is 18.2. The highest BCUT2D eigenvalue weighted by molar-refractivity contribution is 5.97. The van der Waals surface area contributed by atoms with Crippen molar-refractivity contribution >= 4 is 17.5 Å². The van der Waals surface area contributed by atoms with E-state index in [0.29, 0.717) is 35.2 Å². The monoisotopic (exact) mass is 425 g/mol. The number of rotatable bonds is 9. The highest BCUT2D eigenvalue weighted by Gasteiger charge is 2.14. The molecule has 3 N–H and O–H groups in total. The maximum absolute atomic E-state index is 12.5. The number of methoxy groups -OCH3 is 2. The van der Waals surface area contributed by atoms with E-state index >= 15 is 0 Å². The van der Waals surface area contributed by atoms with E-state index in [1.165, 1.54) is 12.8 Å². The van der Waals surface area contributed by atoms with E-state index in [0.717, 1.165) is 25.1 Å². The summed E-state index contributed by atoms with van der Waals surface area (Å²) in [4.78, 5) is 25.0. The predicted molar refractivity (Wildman–Crippen MR) is 121 cm³/mol. The third kappa shape index (κ3) is 6.72. The maximum Gasteiger partial charge on any atom is 0.251 e. The van der Waals surface area contributed by atoms with Crippen LogP contribution >= 0.6 is 0 Å². The van der Waals surface area contributed by atoms with Crippen molar-refractivity contribution in [3.05, 3.63) is 53.6 Å². The number of carbonyl (C=O) groups excluding carboxylic acids is 2. The first kappa shape index (κ1) is 22.6. The molecule has 2 amide bonds. The summed E-state index contributed by atoms with van der Waals surface area (Å²) >= 11 is 0. The van der Waals surface area contributed by atoms with Gasteiger partial charge in [0.15, 0.2) is 11.5 Å². The normalized spacial score (nSPS) is 15.7. The van der Waals surface area contributed by atoms with Crippen LogP contribution in [0.3, 0.4) is 0 Å². The molecule has 1 saturated heterocycles. The van der Waals surface area contributed by atoms with Crippen LogP contribution in [0, 0.1) is 5.92 Å². The van der Waals surface area contributed by atoms with Crippen LogP contribution in [0.15, 0.2) is 42.5 Å². The van der Waals surface area contributed by atoms with E-state index in [4.69, 9.17) is 9.47 Å². The molecule has 3 rings (SSSR count). The van der Waals surface area contributed by atoms with Crippen molar-refractivity contribution in [1.82, 2.24) is 10.6 Å². The molecule has 1 unspecified atom stereocenters. The molecule has 0 saturated carbocycles. The van der Waals surface area contributed by atoms with E-state index in [2.05, 4.69) is 16.0 Å². The van der Waals surface area contributed by atoms with E-state index in [1.807, 2.05) is 6.07 Å². The summed E-state index contributed by atoms with van der Waals surface area (Å²) in [7, 11) is 3.13. The van der Waals surface area contributed by atoms with Gasteiger partial charge < -0.3 is 25.4 Å². The highest BCUT2D eigenvalue weighted by Crippen LogP contribution is 2.27. The Labute approximate surface area is 183 Å². The fourth-order valence-electron chi connectivity index (χ4n) is 3.78. The van der Waals surface area contributed by atoms with Gasteiger partial charge >= 0.3 is 0 Å². The van der Waals surface area contributed by atoms with Gasteiger partial charge in [-0.2, -0.15) is 0 Å². The number of carbonyl (C=O) groups is 2. The first-order valence-corrected chi connectivity index (χ1v) is 10.7. The van der Waals surface area contributed by atoms with Crippen molar-refractivity contribution in [2.75, 3.05) is 39.2 Å². The van der Waals surface area contributed by atoms with E-state index in [9.17, 15) is 9.59 Å². The standard InChI is InChI=1S/C24H31N3O4/c1-30-21-9-8-18(13-22(21)31-2)14-23(28)27-20-7-3-6-19(15-20)24(29)26-12-10-17-5-4-11-25-16-17/h3,6-9,13,15,17,25H,4-5,10-12,14,16H2,1-2H3,(H,26,29)(H,27,28). The van der Waals surface area contributed by atoms with Gasteiger partial charge in [0.1, 0.15) is 0 Å². The van der Waals surface area contributed by atoms with Gasteiger partial charge in [-0.25, -0.2) is 0 Å². The van der Waals surface area contributed by atoms with E-state index < -0.39 is 0 Å². The van der Waals surface area contributed by atoms with Crippen LogP contribution in [0.2, 0.25) is 0 Å². The van der Waals surface area contributed by atoms with Crippen molar-refractivity contribution in [3.8, 4) is 11.5 Å². The molecule has 0 aromatic heterocycles. The Morgan fingerprint density at radius 2 is 1.94 bits per heavy atom. The van der Waals surface area contributed by atoms with Gasteiger partial charge in [0.2, 0.25) is 5.91 Å². The maximum atomic E-state index is 12.5. The molecular weight excluding hydrogens is 394 g/mol. The minimum Gasteiger partial charge on any atom is -0.493 e. The molecule has 7 heteroatoms. The van der Waals surface area contributed by atoms with Gasteiger partial charge in [-0.15, -0.1) is 0 Å². The van der Waals surface area contributed by atoms with Crippen LogP contribution in [0.25, 0.3) is 0 Å². The van der Waals surface area contributed by atoms with Crippen molar-refractivity contribution in [2.24, 2.45) is 5.92 Å². The number of ether oxygens (including phenoxy) is 2. The second-order valence-corrected chi connectivity index (χ2v) is 7.75. The second-order valence-electron chi connectivity index (χ2n) is 7.75. The summed E-state index contributed by atoms with van der Waals surface area (Å²) in [6.45, 7) is 2.77. The summed E-state index contributed by atoms with van der Waals surface area (Å²) in [6.07, 6.45) is 3.57. The highest BCUT2D eigenvalue weighted by atomic mass is 16.5. The molecule has 31 heavy (non-hydrogen) atoms. The molecule has 1 aliphatic rings. The van der Waals surface area contributed by atoms with Gasteiger partial charge in [0, 0.05) is 17.8 Å². The lowest BCUT2D eigenvalue weighted by Crippen LogP contribution is -2.33. The lowest BCUT2D eigenvalue weighted by molar-refractivity contribution is -0.115. The molecule has 2 aromatic rings. The third-order valence-electron chi connectivity index (χ3n) is 5.46. The number of hydrogen-bond donors (Lipinski definition) is 3. The topological polar surface area (TPSA) is 88.7 Å². The number of piperidine rings is 1. The van der Waals surface area contributed by atoms with E-state index in [-0.39, 0.29) is 18.2 Å². The molecular formula is C24H31N3O4. The number of amides is 2. The number of anilines is 1. The van der Waals surface area contributed by atoms with Crippen LogP contribution in [-0.4, -0.2) is 45.7 Å². The largest absolute Gasteiger partial charge is 0.493 e. The van der Waals surface area contributed by atoms with E-state index in [1.54, 1.807) is 50.6 Å². The summed E-state index contributed by atoms with van der Waals surface area (Å²) in [6, 6.07) is 12.4. The van der Waals surface area contributed by atoms with Crippen molar-refractivity contribution < 1.29 is 19.1 Å². The fourth-order valence-corrected chi connectivity index (χ4v) is 3.78. The number of hydrogen-bond acceptors (Lipinski definition) is 5. The quantitative estimate of drug-likeness (QED) is 0.575. The SMILES string of the molecule is COc1ccc(CC(=O)Nc2cccc(C(=O)NCCC3CCCNC3)c2)cc1OC. The number of benzene rings is 2. The Morgan fingerprint density at radius 3 is 2.68 bits per heavy atom. The third-order valence-corrected chi connectivity index (χ3v) is 5.46. The van der Waals surface area contributed by atoms with Gasteiger partial charge in [-0.3, -0.25) is 9.59 Å². The van der Waals surface area contributed by atoms with Crippen molar-refractivity contribution in [2.45, 2.75) is 25.7 Å². The van der Waals surface area contributed by atoms with Crippen molar-refractivity contribution in [3.63, 3.8) is 0 Å². The Hall–Kier alpha value is -3.06.